The van der Waals surface area contributed by atoms with E-state index in [1.807, 2.05) is 24.3 Å². The summed E-state index contributed by atoms with van der Waals surface area (Å²) in [5.41, 5.74) is 2.63. The molecule has 0 aliphatic carbocycles. The predicted molar refractivity (Wildman–Crippen MR) is 109 cm³/mol. The molecule has 0 radical (unpaired) electrons. The Kier molecular flexibility index (Phi) is 4.28. The van der Waals surface area contributed by atoms with Crippen LogP contribution in [0.4, 0.5) is 5.69 Å². The number of nitrogens with zero attached hydrogens (tertiary/aromatic N) is 1. The third-order valence-electron chi connectivity index (χ3n) is 4.71. The fourth-order valence-electron chi connectivity index (χ4n) is 3.41. The van der Waals surface area contributed by atoms with E-state index in [4.69, 9.17) is 4.74 Å². The number of hydrogen-bond donors (Lipinski definition) is 1. The minimum atomic E-state index is -3.69. The van der Waals surface area contributed by atoms with Gasteiger partial charge in [0.1, 0.15) is 5.75 Å². The topological polar surface area (TPSA) is 60.3 Å². The lowest BCUT2D eigenvalue weighted by molar-refractivity contribution is 0.415. The zero-order valence-corrected chi connectivity index (χ0v) is 16.0. The Morgan fingerprint density at radius 2 is 1.63 bits per heavy atom. The van der Waals surface area contributed by atoms with E-state index in [1.165, 1.54) is 0 Å². The minimum absolute atomic E-state index is 0.241. The highest BCUT2D eigenvalue weighted by molar-refractivity contribution is 7.92. The molecule has 4 rings (SSSR count). The van der Waals surface area contributed by atoms with Gasteiger partial charge in [0.15, 0.2) is 0 Å². The van der Waals surface area contributed by atoms with Crippen molar-refractivity contribution < 1.29 is 13.2 Å². The summed E-state index contributed by atoms with van der Waals surface area (Å²) in [6, 6.07) is 20.1. The number of nitrogens with one attached hydrogen (secondary N) is 1. The zero-order chi connectivity index (χ0) is 19.0. The third kappa shape index (κ3) is 3.02. The van der Waals surface area contributed by atoms with E-state index in [2.05, 4.69) is 22.3 Å². The van der Waals surface area contributed by atoms with Gasteiger partial charge in [0.05, 0.1) is 12.0 Å². The number of methoxy groups -OCH3 is 1. The molecule has 0 aliphatic heterocycles. The summed E-state index contributed by atoms with van der Waals surface area (Å²) in [6.07, 6.45) is 0. The van der Waals surface area contributed by atoms with Gasteiger partial charge >= 0.3 is 0 Å². The third-order valence-corrected chi connectivity index (χ3v) is 6.09. The number of benzene rings is 3. The van der Waals surface area contributed by atoms with E-state index in [1.54, 1.807) is 43.5 Å². The van der Waals surface area contributed by atoms with Crippen molar-refractivity contribution in [2.45, 2.75) is 18.4 Å². The molecule has 0 saturated heterocycles. The van der Waals surface area contributed by atoms with Crippen LogP contribution in [0.3, 0.4) is 0 Å². The van der Waals surface area contributed by atoms with Crippen molar-refractivity contribution in [1.82, 2.24) is 4.57 Å². The summed E-state index contributed by atoms with van der Waals surface area (Å²) in [6.45, 7) is 2.90. The molecule has 0 saturated carbocycles. The summed E-state index contributed by atoms with van der Waals surface area (Å²) in [7, 11) is -2.12. The molecule has 1 heterocycles. The molecule has 4 aromatic rings. The van der Waals surface area contributed by atoms with Gasteiger partial charge < -0.3 is 9.30 Å². The van der Waals surface area contributed by atoms with Gasteiger partial charge in [-0.3, -0.25) is 4.72 Å². The molecule has 1 aromatic heterocycles. The van der Waals surface area contributed by atoms with Crippen LogP contribution in [0.25, 0.3) is 21.8 Å². The molecule has 0 unspecified atom stereocenters. The van der Waals surface area contributed by atoms with Crippen molar-refractivity contribution >= 4 is 37.5 Å². The largest absolute Gasteiger partial charge is 0.497 e. The van der Waals surface area contributed by atoms with Crippen LogP contribution in [0.15, 0.2) is 71.6 Å². The fraction of sp³-hybridized carbons (Fsp3) is 0.143. The Labute approximate surface area is 158 Å². The molecule has 0 bridgehead atoms. The van der Waals surface area contributed by atoms with E-state index in [0.717, 1.165) is 28.4 Å². The van der Waals surface area contributed by atoms with E-state index in [0.29, 0.717) is 11.4 Å². The van der Waals surface area contributed by atoms with Crippen molar-refractivity contribution in [1.29, 1.82) is 0 Å². The van der Waals surface area contributed by atoms with Crippen molar-refractivity contribution in [2.75, 3.05) is 11.8 Å². The molecule has 1 N–H and O–H groups in total. The Morgan fingerprint density at radius 1 is 0.926 bits per heavy atom. The van der Waals surface area contributed by atoms with Crippen LogP contribution in [0.5, 0.6) is 5.75 Å². The summed E-state index contributed by atoms with van der Waals surface area (Å²) in [5.74, 6) is 0.673. The first-order valence-corrected chi connectivity index (χ1v) is 10.2. The van der Waals surface area contributed by atoms with Crippen LogP contribution in [-0.2, 0) is 16.6 Å². The van der Waals surface area contributed by atoms with Crippen LogP contribution in [0.2, 0.25) is 0 Å². The predicted octanol–water partition coefficient (Wildman–Crippen LogP) is 4.62. The number of sulfonamides is 1. The summed E-state index contributed by atoms with van der Waals surface area (Å²) in [5, 5.41) is 1.99. The lowest BCUT2D eigenvalue weighted by atomic mass is 10.1. The van der Waals surface area contributed by atoms with Crippen LogP contribution >= 0.6 is 0 Å². The van der Waals surface area contributed by atoms with Crippen LogP contribution in [0, 0.1) is 0 Å². The maximum atomic E-state index is 12.9. The number of ether oxygens (including phenoxy) is 1. The monoisotopic (exact) mass is 380 g/mol. The number of rotatable bonds is 5. The van der Waals surface area contributed by atoms with E-state index >= 15 is 0 Å². The second-order valence-electron chi connectivity index (χ2n) is 6.27. The summed E-state index contributed by atoms with van der Waals surface area (Å²) in [4.78, 5) is 0.241. The lowest BCUT2D eigenvalue weighted by Gasteiger charge is -2.09. The molecule has 3 aromatic carbocycles. The molecule has 0 aliphatic rings. The average Bonchev–Trinajstić information content (AvgIpc) is 3.01. The highest BCUT2D eigenvalue weighted by Gasteiger charge is 2.17. The van der Waals surface area contributed by atoms with Gasteiger partial charge in [0.2, 0.25) is 0 Å². The molecule has 5 nitrogen and oxygen atoms in total. The van der Waals surface area contributed by atoms with Crippen LogP contribution in [0.1, 0.15) is 6.92 Å². The van der Waals surface area contributed by atoms with Gasteiger partial charge in [0, 0.05) is 34.0 Å². The van der Waals surface area contributed by atoms with Gasteiger partial charge in [-0.25, -0.2) is 8.42 Å². The molecule has 138 valence electrons. The number of fused-ring (bicyclic) bond motifs is 3. The molecule has 0 spiro atoms. The molecular weight excluding hydrogens is 360 g/mol. The first kappa shape index (κ1) is 17.4. The van der Waals surface area contributed by atoms with Crippen molar-refractivity contribution in [3.8, 4) is 5.75 Å². The fourth-order valence-corrected chi connectivity index (χ4v) is 4.50. The highest BCUT2D eigenvalue weighted by Crippen LogP contribution is 2.31. The van der Waals surface area contributed by atoms with Crippen molar-refractivity contribution in [3.05, 3.63) is 66.7 Å². The Bertz CT molecular complexity index is 1230. The number of para-hydroxylation sites is 1. The zero-order valence-electron chi connectivity index (χ0n) is 15.1. The number of hydrogen-bond acceptors (Lipinski definition) is 3. The smallest absolute Gasteiger partial charge is 0.261 e. The normalized spacial score (nSPS) is 11.8. The highest BCUT2D eigenvalue weighted by atomic mass is 32.2. The summed E-state index contributed by atoms with van der Waals surface area (Å²) < 4.78 is 35.7. The maximum Gasteiger partial charge on any atom is 0.261 e. The number of anilines is 1. The molecule has 0 amide bonds. The summed E-state index contributed by atoms with van der Waals surface area (Å²) >= 11 is 0. The molecule has 0 fully saturated rings. The van der Waals surface area contributed by atoms with E-state index < -0.39 is 10.0 Å². The minimum Gasteiger partial charge on any atom is -0.497 e. The first-order chi connectivity index (χ1) is 13.0. The Hall–Kier alpha value is -2.99. The Balaban J connectivity index is 1.79. The van der Waals surface area contributed by atoms with Crippen molar-refractivity contribution in [2.24, 2.45) is 0 Å². The Morgan fingerprint density at radius 3 is 2.33 bits per heavy atom. The average molecular weight is 380 g/mol. The van der Waals surface area contributed by atoms with E-state index in [-0.39, 0.29) is 4.90 Å². The number of aryl methyl sites for hydroxylation is 1. The molecule has 0 atom stereocenters. The maximum absolute atomic E-state index is 12.9. The number of aromatic nitrogens is 1. The second kappa shape index (κ2) is 6.63. The van der Waals surface area contributed by atoms with Gasteiger partial charge in [0.25, 0.3) is 10.0 Å². The molecule has 27 heavy (non-hydrogen) atoms. The SMILES string of the molecule is CCn1c2ccccc2c2cc(S(=O)(=O)Nc3ccc(OC)cc3)ccc21. The van der Waals surface area contributed by atoms with Gasteiger partial charge in [-0.1, -0.05) is 18.2 Å². The quantitative estimate of drug-likeness (QED) is 0.549. The van der Waals surface area contributed by atoms with Gasteiger partial charge in [-0.2, -0.15) is 0 Å². The second-order valence-corrected chi connectivity index (χ2v) is 7.96. The van der Waals surface area contributed by atoms with Gasteiger partial charge in [-0.05, 0) is 55.5 Å². The van der Waals surface area contributed by atoms with Crippen LogP contribution in [-0.4, -0.2) is 20.1 Å². The molecule has 6 heteroatoms. The lowest BCUT2D eigenvalue weighted by Crippen LogP contribution is -2.12. The van der Waals surface area contributed by atoms with Gasteiger partial charge in [-0.15, -0.1) is 0 Å². The van der Waals surface area contributed by atoms with Crippen LogP contribution < -0.4 is 9.46 Å². The first-order valence-electron chi connectivity index (χ1n) is 8.71. The molecular formula is C21H20N2O3S. The standard InChI is InChI=1S/C21H20N2O3S/c1-3-23-20-7-5-4-6-18(20)19-14-17(12-13-21(19)23)27(24,25)22-15-8-10-16(26-2)11-9-15/h4-14,22H,3H2,1-2H3. The van der Waals surface area contributed by atoms with Crippen molar-refractivity contribution in [3.63, 3.8) is 0 Å². The van der Waals surface area contributed by atoms with E-state index in [9.17, 15) is 8.42 Å².